The number of likely N-dealkylation sites (N-methyl/N-ethyl adjacent to an activating group) is 1. The van der Waals surface area contributed by atoms with Crippen molar-refractivity contribution in [2.45, 2.75) is 5.41 Å². The summed E-state index contributed by atoms with van der Waals surface area (Å²) in [7, 11) is 2.12. The number of hydrogen-bond donors (Lipinski definition) is 1. The van der Waals surface area contributed by atoms with Gasteiger partial charge in [-0.05, 0) is 24.7 Å². The zero-order valence-corrected chi connectivity index (χ0v) is 10.1. The molecule has 2 heterocycles. The molecule has 4 nitrogen and oxygen atoms in total. The molecule has 1 fully saturated rings. The van der Waals surface area contributed by atoms with Gasteiger partial charge in [-0.1, -0.05) is 6.07 Å². The third-order valence-electron chi connectivity index (χ3n) is 3.69. The van der Waals surface area contributed by atoms with E-state index < -0.39 is 0 Å². The smallest absolute Gasteiger partial charge is 0.161 e. The first-order valence-corrected chi connectivity index (χ1v) is 6.02. The van der Waals surface area contributed by atoms with Gasteiger partial charge in [0.25, 0.3) is 0 Å². The van der Waals surface area contributed by atoms with Gasteiger partial charge in [0.05, 0.1) is 0 Å². The molecule has 1 aromatic rings. The van der Waals surface area contributed by atoms with Crippen LogP contribution in [-0.4, -0.2) is 44.8 Å². The first-order valence-electron chi connectivity index (χ1n) is 6.02. The Hall–Kier alpha value is -1.26. The van der Waals surface area contributed by atoms with Crippen LogP contribution in [0.1, 0.15) is 5.56 Å². The molecule has 0 aliphatic carbocycles. The molecule has 92 valence electrons. The molecular formula is C13H18N2O2. The Kier molecular flexibility index (Phi) is 2.49. The number of likely N-dealkylation sites (tertiary alicyclic amines) is 1. The van der Waals surface area contributed by atoms with Gasteiger partial charge >= 0.3 is 0 Å². The SMILES string of the molecule is CN1CC(CN)(c2ccc3c(c2)OCCO3)C1. The van der Waals surface area contributed by atoms with Crippen molar-refractivity contribution in [3.05, 3.63) is 23.8 Å². The summed E-state index contributed by atoms with van der Waals surface area (Å²) in [5.74, 6) is 1.70. The van der Waals surface area contributed by atoms with E-state index in [4.69, 9.17) is 15.2 Å². The van der Waals surface area contributed by atoms with E-state index in [1.165, 1.54) is 5.56 Å². The molecule has 2 aliphatic rings. The minimum Gasteiger partial charge on any atom is -0.486 e. The molecule has 0 aromatic heterocycles. The van der Waals surface area contributed by atoms with Crippen LogP contribution in [0, 0.1) is 0 Å². The molecule has 0 saturated carbocycles. The van der Waals surface area contributed by atoms with E-state index in [9.17, 15) is 0 Å². The fraction of sp³-hybridized carbons (Fsp3) is 0.538. The summed E-state index contributed by atoms with van der Waals surface area (Å²) in [4.78, 5) is 2.28. The van der Waals surface area contributed by atoms with E-state index >= 15 is 0 Å². The molecule has 2 aliphatic heterocycles. The monoisotopic (exact) mass is 234 g/mol. The van der Waals surface area contributed by atoms with E-state index in [-0.39, 0.29) is 5.41 Å². The Bertz CT molecular complexity index is 427. The Balaban J connectivity index is 1.93. The molecule has 0 atom stereocenters. The minimum atomic E-state index is 0.102. The molecule has 4 heteroatoms. The molecule has 0 amide bonds. The second kappa shape index (κ2) is 3.89. The molecule has 3 rings (SSSR count). The van der Waals surface area contributed by atoms with Crippen molar-refractivity contribution in [2.24, 2.45) is 5.73 Å². The van der Waals surface area contributed by atoms with Gasteiger partial charge in [-0.3, -0.25) is 0 Å². The zero-order chi connectivity index (χ0) is 11.9. The highest BCUT2D eigenvalue weighted by atomic mass is 16.6. The molecule has 1 aromatic carbocycles. The molecule has 0 unspecified atom stereocenters. The van der Waals surface area contributed by atoms with Crippen LogP contribution in [-0.2, 0) is 5.41 Å². The average molecular weight is 234 g/mol. The summed E-state index contributed by atoms with van der Waals surface area (Å²) in [5.41, 5.74) is 7.31. The van der Waals surface area contributed by atoms with Crippen LogP contribution in [0.3, 0.4) is 0 Å². The number of fused-ring (bicyclic) bond motifs is 1. The minimum absolute atomic E-state index is 0.102. The second-order valence-corrected chi connectivity index (χ2v) is 5.02. The van der Waals surface area contributed by atoms with Crippen molar-refractivity contribution < 1.29 is 9.47 Å². The highest BCUT2D eigenvalue weighted by Crippen LogP contribution is 2.38. The van der Waals surface area contributed by atoms with Crippen molar-refractivity contribution in [3.63, 3.8) is 0 Å². The fourth-order valence-electron chi connectivity index (χ4n) is 2.79. The van der Waals surface area contributed by atoms with E-state index in [1.807, 2.05) is 6.07 Å². The zero-order valence-electron chi connectivity index (χ0n) is 10.1. The standard InChI is InChI=1S/C13H18N2O2/c1-15-8-13(7-14,9-15)10-2-3-11-12(6-10)17-5-4-16-11/h2-3,6H,4-5,7-9,14H2,1H3. The van der Waals surface area contributed by atoms with E-state index in [1.54, 1.807) is 0 Å². The molecule has 1 saturated heterocycles. The third kappa shape index (κ3) is 1.68. The van der Waals surface area contributed by atoms with Gasteiger partial charge in [-0.2, -0.15) is 0 Å². The molecule has 0 spiro atoms. The van der Waals surface area contributed by atoms with Crippen molar-refractivity contribution in [1.82, 2.24) is 4.90 Å². The molecule has 2 N–H and O–H groups in total. The molecular weight excluding hydrogens is 216 g/mol. The Morgan fingerprint density at radius 1 is 1.24 bits per heavy atom. The van der Waals surface area contributed by atoms with Crippen LogP contribution in [0.2, 0.25) is 0 Å². The Labute approximate surface area is 101 Å². The van der Waals surface area contributed by atoms with Crippen LogP contribution in [0.4, 0.5) is 0 Å². The maximum absolute atomic E-state index is 5.94. The van der Waals surface area contributed by atoms with E-state index in [0.717, 1.165) is 24.6 Å². The normalized spacial score (nSPS) is 22.0. The van der Waals surface area contributed by atoms with Gasteiger partial charge < -0.3 is 20.1 Å². The predicted octanol–water partition coefficient (Wildman–Crippen LogP) is 0.600. The van der Waals surface area contributed by atoms with Gasteiger partial charge in [0.1, 0.15) is 13.2 Å². The number of hydrogen-bond acceptors (Lipinski definition) is 4. The van der Waals surface area contributed by atoms with Crippen LogP contribution >= 0.6 is 0 Å². The summed E-state index contributed by atoms with van der Waals surface area (Å²) >= 11 is 0. The number of ether oxygens (including phenoxy) is 2. The maximum Gasteiger partial charge on any atom is 0.161 e. The lowest BCUT2D eigenvalue weighted by molar-refractivity contribution is 0.0991. The van der Waals surface area contributed by atoms with Crippen LogP contribution in [0.5, 0.6) is 11.5 Å². The summed E-state index contributed by atoms with van der Waals surface area (Å²) in [6.45, 7) is 3.98. The van der Waals surface area contributed by atoms with Crippen molar-refractivity contribution >= 4 is 0 Å². The third-order valence-corrected chi connectivity index (χ3v) is 3.69. The number of nitrogens with zero attached hydrogens (tertiary/aromatic N) is 1. The van der Waals surface area contributed by atoms with Gasteiger partial charge in [0, 0.05) is 25.0 Å². The van der Waals surface area contributed by atoms with E-state index in [2.05, 4.69) is 24.1 Å². The van der Waals surface area contributed by atoms with Crippen LogP contribution < -0.4 is 15.2 Å². The van der Waals surface area contributed by atoms with Gasteiger partial charge in [0.2, 0.25) is 0 Å². The van der Waals surface area contributed by atoms with Crippen LogP contribution in [0.15, 0.2) is 18.2 Å². The Morgan fingerprint density at radius 3 is 2.59 bits per heavy atom. The van der Waals surface area contributed by atoms with Gasteiger partial charge in [0.15, 0.2) is 11.5 Å². The summed E-state index contributed by atoms with van der Waals surface area (Å²) < 4.78 is 11.2. The highest BCUT2D eigenvalue weighted by Gasteiger charge is 2.41. The lowest BCUT2D eigenvalue weighted by atomic mass is 9.74. The number of rotatable bonds is 2. The summed E-state index contributed by atoms with van der Waals surface area (Å²) in [5, 5.41) is 0. The van der Waals surface area contributed by atoms with Crippen molar-refractivity contribution in [1.29, 1.82) is 0 Å². The largest absolute Gasteiger partial charge is 0.486 e. The van der Waals surface area contributed by atoms with Crippen molar-refractivity contribution in [2.75, 3.05) is 39.9 Å². The molecule has 17 heavy (non-hydrogen) atoms. The average Bonchev–Trinajstić information content (AvgIpc) is 2.34. The Morgan fingerprint density at radius 2 is 1.94 bits per heavy atom. The summed E-state index contributed by atoms with van der Waals surface area (Å²) in [6.07, 6.45) is 0. The second-order valence-electron chi connectivity index (χ2n) is 5.02. The molecule has 0 radical (unpaired) electrons. The topological polar surface area (TPSA) is 47.7 Å². The summed E-state index contributed by atoms with van der Waals surface area (Å²) in [6, 6.07) is 6.21. The quantitative estimate of drug-likeness (QED) is 0.814. The lowest BCUT2D eigenvalue weighted by Crippen LogP contribution is -2.61. The van der Waals surface area contributed by atoms with Crippen molar-refractivity contribution in [3.8, 4) is 11.5 Å². The van der Waals surface area contributed by atoms with Crippen LogP contribution in [0.25, 0.3) is 0 Å². The van der Waals surface area contributed by atoms with Gasteiger partial charge in [-0.25, -0.2) is 0 Å². The lowest BCUT2D eigenvalue weighted by Gasteiger charge is -2.48. The highest BCUT2D eigenvalue weighted by molar-refractivity contribution is 5.47. The molecule has 0 bridgehead atoms. The first-order chi connectivity index (χ1) is 8.23. The number of benzene rings is 1. The van der Waals surface area contributed by atoms with E-state index in [0.29, 0.717) is 19.8 Å². The first kappa shape index (κ1) is 10.9. The maximum atomic E-state index is 5.94. The fourth-order valence-corrected chi connectivity index (χ4v) is 2.79. The predicted molar refractivity (Wildman–Crippen MR) is 65.7 cm³/mol. The van der Waals surface area contributed by atoms with Gasteiger partial charge in [-0.15, -0.1) is 0 Å². The number of nitrogens with two attached hydrogens (primary N) is 1.